The van der Waals surface area contributed by atoms with Crippen molar-refractivity contribution in [1.82, 2.24) is 19.9 Å². The Labute approximate surface area is 369 Å². The average molecular weight is 893 g/mol. The van der Waals surface area contributed by atoms with E-state index in [4.69, 9.17) is 77.0 Å². The molecule has 0 saturated carbocycles. The first-order valence-corrected chi connectivity index (χ1v) is 20.2. The van der Waals surface area contributed by atoms with E-state index in [1.807, 2.05) is 32.9 Å². The summed E-state index contributed by atoms with van der Waals surface area (Å²) in [4.78, 5) is 16.7. The number of rotatable bonds is 9. The molecule has 13 heteroatoms. The van der Waals surface area contributed by atoms with Crippen molar-refractivity contribution in [2.45, 2.75) is 42.0 Å². The molecule has 0 spiro atoms. The second-order valence-electron chi connectivity index (χ2n) is 12.9. The minimum atomic E-state index is 0. The third-order valence-corrected chi connectivity index (χ3v) is 10.5. The molecule has 8 rings (SSSR count). The van der Waals surface area contributed by atoms with E-state index >= 15 is 0 Å². The Balaban J connectivity index is 0.000000182. The van der Waals surface area contributed by atoms with Crippen molar-refractivity contribution in [2.24, 2.45) is 0 Å². The van der Waals surface area contributed by atoms with Crippen LogP contribution in [0.5, 0.6) is 11.5 Å². The number of nitrogens with zero attached hydrogens (tertiary/aromatic N) is 4. The van der Waals surface area contributed by atoms with Crippen LogP contribution in [0.25, 0.3) is 54.6 Å². The summed E-state index contributed by atoms with van der Waals surface area (Å²) in [6.07, 6.45) is 2.89. The summed E-state index contributed by atoms with van der Waals surface area (Å²) in [6, 6.07) is 27.5. The zero-order chi connectivity index (χ0) is 41.3. The fraction of sp³-hybridized carbons (Fsp3) is 0.217. The molecule has 6 aromatic carbocycles. The van der Waals surface area contributed by atoms with Crippen molar-refractivity contribution in [1.29, 1.82) is 0 Å². The van der Waals surface area contributed by atoms with Crippen LogP contribution in [0.2, 0.25) is 25.2 Å². The van der Waals surface area contributed by atoms with Crippen LogP contribution in [0.15, 0.2) is 97.6 Å². The van der Waals surface area contributed by atoms with E-state index in [0.717, 1.165) is 44.3 Å². The third-order valence-electron chi connectivity index (χ3n) is 9.18. The molecule has 0 bridgehead atoms. The Morgan fingerprint density at radius 2 is 1.03 bits per heavy atom. The normalized spacial score (nSPS) is 10.8. The van der Waals surface area contributed by atoms with Crippen molar-refractivity contribution in [3.8, 4) is 22.8 Å². The molecule has 2 heterocycles. The first kappa shape index (κ1) is 45.6. The lowest BCUT2D eigenvalue weighted by molar-refractivity contribution is 0.0216. The molecule has 0 aliphatic rings. The van der Waals surface area contributed by atoms with Gasteiger partial charge in [0.2, 0.25) is 0 Å². The van der Waals surface area contributed by atoms with Gasteiger partial charge >= 0.3 is 0 Å². The van der Waals surface area contributed by atoms with E-state index in [9.17, 15) is 0 Å². The van der Waals surface area contributed by atoms with Crippen molar-refractivity contribution in [3.63, 3.8) is 0 Å². The van der Waals surface area contributed by atoms with Gasteiger partial charge in [-0.2, -0.15) is 0 Å². The highest BCUT2D eigenvalue weighted by Gasteiger charge is 2.19. The highest BCUT2D eigenvalue weighted by atomic mass is 35.5. The molecule has 306 valence electrons. The highest BCUT2D eigenvalue weighted by molar-refractivity contribution is 6.43. The summed E-state index contributed by atoms with van der Waals surface area (Å²) in [5.74, 6) is 1.66. The summed E-state index contributed by atoms with van der Waals surface area (Å²) in [6.45, 7) is 11.8. The average Bonchev–Trinajstić information content (AvgIpc) is 3.20. The maximum absolute atomic E-state index is 6.52. The monoisotopic (exact) mass is 890 g/mol. The number of hydrogen-bond acceptors (Lipinski definition) is 8. The first-order valence-electron chi connectivity index (χ1n) is 18.3. The number of fused-ring (bicyclic) bond motifs is 4. The van der Waals surface area contributed by atoms with Gasteiger partial charge in [-0.1, -0.05) is 114 Å². The molecule has 0 aliphatic heterocycles. The fourth-order valence-corrected chi connectivity index (χ4v) is 7.96. The van der Waals surface area contributed by atoms with Gasteiger partial charge in [0.1, 0.15) is 29.3 Å². The van der Waals surface area contributed by atoms with Crippen LogP contribution < -0.4 is 9.47 Å². The third kappa shape index (κ3) is 10.6. The number of ether oxygens (including phenoxy) is 4. The molecule has 0 N–H and O–H groups in total. The molecule has 0 atom stereocenters. The zero-order valence-corrected chi connectivity index (χ0v) is 36.2. The van der Waals surface area contributed by atoms with E-state index in [0.29, 0.717) is 67.4 Å². The van der Waals surface area contributed by atoms with E-state index in [1.54, 1.807) is 24.3 Å². The molecule has 0 unspecified atom stereocenters. The molecule has 0 radical (unpaired) electrons. The van der Waals surface area contributed by atoms with Gasteiger partial charge in [0, 0.05) is 34.2 Å². The molecule has 0 amide bonds. The van der Waals surface area contributed by atoms with Crippen LogP contribution in [0.4, 0.5) is 0 Å². The van der Waals surface area contributed by atoms with Gasteiger partial charge in [0.05, 0.1) is 32.2 Å². The van der Waals surface area contributed by atoms with Gasteiger partial charge in [0.25, 0.3) is 0 Å². The molecule has 0 fully saturated rings. The van der Waals surface area contributed by atoms with Crippen LogP contribution in [0, 0.1) is 20.8 Å². The SMILES string of the molecule is C.CCOCOc1c(-c2ncnc3cc(Cl)cc(Cl)c23)cc2ccccc2c1C.CCOCOc1c(C)cc2ccccc2c1C.Clc1cc(Cl)c2c(Cl)ncnc2c1. The van der Waals surface area contributed by atoms with Gasteiger partial charge in [-0.15, -0.1) is 0 Å². The van der Waals surface area contributed by atoms with Crippen molar-refractivity contribution >= 4 is 101 Å². The Bertz CT molecular complexity index is 2730. The first-order chi connectivity index (χ1) is 28.0. The fourth-order valence-electron chi connectivity index (χ4n) is 6.53. The van der Waals surface area contributed by atoms with E-state index in [2.05, 4.69) is 82.3 Å². The molecule has 0 saturated heterocycles. The Morgan fingerprint density at radius 1 is 0.542 bits per heavy atom. The minimum Gasteiger partial charge on any atom is -0.467 e. The highest BCUT2D eigenvalue weighted by Crippen LogP contribution is 2.42. The van der Waals surface area contributed by atoms with Gasteiger partial charge < -0.3 is 18.9 Å². The predicted molar refractivity (Wildman–Crippen MR) is 246 cm³/mol. The minimum absolute atomic E-state index is 0. The lowest BCUT2D eigenvalue weighted by atomic mass is 9.96. The predicted octanol–water partition coefficient (Wildman–Crippen LogP) is 14.5. The van der Waals surface area contributed by atoms with Crippen LogP contribution in [-0.4, -0.2) is 46.7 Å². The van der Waals surface area contributed by atoms with Crippen molar-refractivity contribution in [3.05, 3.63) is 140 Å². The zero-order valence-electron chi connectivity index (χ0n) is 32.4. The van der Waals surface area contributed by atoms with E-state index < -0.39 is 0 Å². The summed E-state index contributed by atoms with van der Waals surface area (Å²) in [5.41, 5.74) is 6.23. The Morgan fingerprint density at radius 3 is 1.63 bits per heavy atom. The van der Waals surface area contributed by atoms with E-state index in [-0.39, 0.29) is 14.2 Å². The summed E-state index contributed by atoms with van der Waals surface area (Å²) >= 11 is 30.2. The second kappa shape index (κ2) is 21.1. The molecule has 2 aromatic heterocycles. The van der Waals surface area contributed by atoms with Crippen LogP contribution in [0.3, 0.4) is 0 Å². The number of aryl methyl sites for hydroxylation is 3. The molecule has 8 nitrogen and oxygen atoms in total. The summed E-state index contributed by atoms with van der Waals surface area (Å²) < 4.78 is 22.4. The summed E-state index contributed by atoms with van der Waals surface area (Å²) in [5, 5.41) is 8.45. The number of halogens is 5. The molecular weight excluding hydrogens is 850 g/mol. The Kier molecular flexibility index (Phi) is 16.3. The second-order valence-corrected chi connectivity index (χ2v) is 15.0. The number of aromatic nitrogens is 4. The van der Waals surface area contributed by atoms with Gasteiger partial charge in [-0.05, 0) is 109 Å². The maximum atomic E-state index is 6.52. The van der Waals surface area contributed by atoms with Gasteiger partial charge in [0.15, 0.2) is 13.6 Å². The molecule has 8 aromatic rings. The molecule has 0 aliphatic carbocycles. The maximum Gasteiger partial charge on any atom is 0.189 e. The lowest BCUT2D eigenvalue weighted by Crippen LogP contribution is -2.05. The largest absolute Gasteiger partial charge is 0.467 e. The van der Waals surface area contributed by atoms with Crippen LogP contribution in [0.1, 0.15) is 38.0 Å². The van der Waals surface area contributed by atoms with Gasteiger partial charge in [-0.3, -0.25) is 0 Å². The number of benzene rings is 6. The quantitative estimate of drug-likeness (QED) is 0.0804. The standard InChI is InChI=1S/C22H18Cl2N2O2.C15H18O2.C8H3Cl3N2.CH4/c1-3-27-12-28-22-13(2)16-7-5-4-6-14(16)8-17(22)21-20-18(24)9-15(23)10-19(20)25-11-26-21;1-4-16-10-17-15-11(2)9-13-7-5-6-8-14(13)12(15)3;9-4-1-5(10)7-6(2-4)12-3-13-8(7)11;/h4-11H,3,12H2,1-2H3;5-9H,4,10H2,1-3H3;1-3H;1H4. The smallest absolute Gasteiger partial charge is 0.189 e. The number of hydrogen-bond donors (Lipinski definition) is 0. The van der Waals surface area contributed by atoms with E-state index in [1.165, 1.54) is 29.0 Å². The van der Waals surface area contributed by atoms with Gasteiger partial charge in [-0.25, -0.2) is 19.9 Å². The van der Waals surface area contributed by atoms with Crippen LogP contribution >= 0.6 is 58.0 Å². The topological polar surface area (TPSA) is 88.5 Å². The molecular formula is C46H43Cl5N4O4. The lowest BCUT2D eigenvalue weighted by Gasteiger charge is -2.17. The van der Waals surface area contributed by atoms with Crippen LogP contribution in [-0.2, 0) is 9.47 Å². The Hall–Kier alpha value is -4.51. The molecule has 59 heavy (non-hydrogen) atoms. The van der Waals surface area contributed by atoms with Crippen molar-refractivity contribution in [2.75, 3.05) is 26.8 Å². The summed E-state index contributed by atoms with van der Waals surface area (Å²) in [7, 11) is 0. The van der Waals surface area contributed by atoms with Crippen molar-refractivity contribution < 1.29 is 18.9 Å².